The molecule has 96 valence electrons. The van der Waals surface area contributed by atoms with Crippen LogP contribution in [-0.4, -0.2) is 18.4 Å². The van der Waals surface area contributed by atoms with Gasteiger partial charge in [0, 0.05) is 0 Å². The molecule has 7 heteroatoms. The lowest BCUT2D eigenvalue weighted by Crippen LogP contribution is -2.06. The van der Waals surface area contributed by atoms with E-state index in [0.717, 1.165) is 24.3 Å². The maximum absolute atomic E-state index is 12.1. The zero-order valence-electron chi connectivity index (χ0n) is 8.72. The molecular formula is C10H9Cl2F3O2. The van der Waals surface area contributed by atoms with E-state index in [9.17, 15) is 18.0 Å². The summed E-state index contributed by atoms with van der Waals surface area (Å²) in [6.07, 6.45) is -4.38. The van der Waals surface area contributed by atoms with E-state index >= 15 is 0 Å². The standard InChI is InChI=1S/C9H7F3O2.CH2Cl2/c1-14-8(13)6-2-4-7(5-3-6)9(10,11)12;2-1-3/h2-5H,1H3;1H2. The molecule has 0 N–H and O–H groups in total. The molecule has 0 atom stereocenters. The number of methoxy groups -OCH3 is 1. The van der Waals surface area contributed by atoms with Crippen molar-refractivity contribution in [2.75, 3.05) is 12.4 Å². The number of hydrogen-bond acceptors (Lipinski definition) is 2. The second kappa shape index (κ2) is 7.40. The fourth-order valence-electron chi connectivity index (χ4n) is 0.913. The molecule has 0 spiro atoms. The molecule has 0 bridgehead atoms. The SMILES string of the molecule is COC(=O)c1ccc(C(F)(F)F)cc1.ClCCl. The first kappa shape index (κ1) is 16.1. The Bertz CT molecular complexity index is 350. The Morgan fingerprint density at radius 2 is 1.65 bits per heavy atom. The van der Waals surface area contributed by atoms with E-state index < -0.39 is 17.7 Å². The molecule has 0 aromatic heterocycles. The number of alkyl halides is 5. The van der Waals surface area contributed by atoms with Gasteiger partial charge in [-0.3, -0.25) is 0 Å². The summed E-state index contributed by atoms with van der Waals surface area (Å²) in [4.78, 5) is 10.9. The molecule has 0 heterocycles. The average Bonchev–Trinajstić information content (AvgIpc) is 2.28. The number of ether oxygens (including phenoxy) is 1. The molecule has 1 rings (SSSR count). The number of hydrogen-bond donors (Lipinski definition) is 0. The summed E-state index contributed by atoms with van der Waals surface area (Å²) in [5.41, 5.74) is -0.689. The zero-order chi connectivity index (χ0) is 13.5. The number of halogens is 5. The van der Waals surface area contributed by atoms with Gasteiger partial charge in [-0.25, -0.2) is 4.79 Å². The molecule has 0 unspecified atom stereocenters. The molecule has 2 nitrogen and oxygen atoms in total. The molecule has 0 saturated carbocycles. The smallest absolute Gasteiger partial charge is 0.416 e. The minimum Gasteiger partial charge on any atom is -0.465 e. The van der Waals surface area contributed by atoms with Crippen LogP contribution in [0, 0.1) is 0 Å². The topological polar surface area (TPSA) is 26.3 Å². The molecular weight excluding hydrogens is 280 g/mol. The van der Waals surface area contributed by atoms with E-state index in [2.05, 4.69) is 4.74 Å². The van der Waals surface area contributed by atoms with Crippen LogP contribution in [0.5, 0.6) is 0 Å². The number of carbonyl (C=O) groups is 1. The van der Waals surface area contributed by atoms with Crippen molar-refractivity contribution in [3.8, 4) is 0 Å². The van der Waals surface area contributed by atoms with Crippen LogP contribution >= 0.6 is 23.2 Å². The van der Waals surface area contributed by atoms with Crippen LogP contribution in [0.25, 0.3) is 0 Å². The predicted molar refractivity (Wildman–Crippen MR) is 59.4 cm³/mol. The Labute approximate surface area is 106 Å². The van der Waals surface area contributed by atoms with Gasteiger partial charge in [-0.2, -0.15) is 13.2 Å². The molecule has 0 aliphatic carbocycles. The third-order valence-electron chi connectivity index (χ3n) is 1.63. The summed E-state index contributed by atoms with van der Waals surface area (Å²) in [7, 11) is 1.17. The monoisotopic (exact) mass is 288 g/mol. The average molecular weight is 289 g/mol. The van der Waals surface area contributed by atoms with Crippen molar-refractivity contribution in [3.05, 3.63) is 35.4 Å². The Hall–Kier alpha value is -0.940. The molecule has 0 aliphatic rings. The maximum atomic E-state index is 12.1. The van der Waals surface area contributed by atoms with Gasteiger partial charge in [0.05, 0.1) is 23.6 Å². The van der Waals surface area contributed by atoms with Crippen LogP contribution in [0.15, 0.2) is 24.3 Å². The Balaban J connectivity index is 0.000000770. The van der Waals surface area contributed by atoms with Gasteiger partial charge in [0.15, 0.2) is 0 Å². The van der Waals surface area contributed by atoms with Crippen LogP contribution in [0.3, 0.4) is 0 Å². The van der Waals surface area contributed by atoms with E-state index in [1.807, 2.05) is 0 Å². The number of rotatable bonds is 1. The fourth-order valence-corrected chi connectivity index (χ4v) is 0.913. The third kappa shape index (κ3) is 5.79. The minimum absolute atomic E-state index is 0.0977. The quantitative estimate of drug-likeness (QED) is 0.578. The Kier molecular flexibility index (Phi) is 6.99. The Morgan fingerprint density at radius 1 is 1.24 bits per heavy atom. The second-order valence-corrected chi connectivity index (χ2v) is 3.48. The predicted octanol–water partition coefficient (Wildman–Crippen LogP) is 3.91. The Morgan fingerprint density at radius 3 is 1.94 bits per heavy atom. The van der Waals surface area contributed by atoms with E-state index in [0.29, 0.717) is 0 Å². The van der Waals surface area contributed by atoms with Gasteiger partial charge in [0.1, 0.15) is 0 Å². The highest BCUT2D eigenvalue weighted by atomic mass is 35.5. The third-order valence-corrected chi connectivity index (χ3v) is 1.63. The van der Waals surface area contributed by atoms with Crippen molar-refractivity contribution in [3.63, 3.8) is 0 Å². The zero-order valence-corrected chi connectivity index (χ0v) is 10.2. The lowest BCUT2D eigenvalue weighted by molar-refractivity contribution is -0.137. The van der Waals surface area contributed by atoms with Crippen LogP contribution in [0.2, 0.25) is 0 Å². The fraction of sp³-hybridized carbons (Fsp3) is 0.300. The lowest BCUT2D eigenvalue weighted by atomic mass is 10.1. The highest BCUT2D eigenvalue weighted by molar-refractivity contribution is 6.40. The molecule has 0 amide bonds. The van der Waals surface area contributed by atoms with Crippen molar-refractivity contribution in [1.29, 1.82) is 0 Å². The van der Waals surface area contributed by atoms with E-state index in [4.69, 9.17) is 23.2 Å². The number of benzene rings is 1. The summed E-state index contributed by atoms with van der Waals surface area (Å²) in [6.45, 7) is 0. The first-order chi connectivity index (χ1) is 7.86. The van der Waals surface area contributed by atoms with E-state index in [1.54, 1.807) is 0 Å². The number of carbonyl (C=O) groups excluding carboxylic acids is 1. The summed E-state index contributed by atoms with van der Waals surface area (Å²) < 4.78 is 40.6. The van der Waals surface area contributed by atoms with Crippen LogP contribution in [0.1, 0.15) is 15.9 Å². The number of esters is 1. The van der Waals surface area contributed by atoms with Crippen molar-refractivity contribution in [2.45, 2.75) is 6.18 Å². The van der Waals surface area contributed by atoms with Crippen LogP contribution < -0.4 is 0 Å². The molecule has 0 radical (unpaired) electrons. The largest absolute Gasteiger partial charge is 0.465 e. The van der Waals surface area contributed by atoms with E-state index in [1.165, 1.54) is 7.11 Å². The summed E-state index contributed by atoms with van der Waals surface area (Å²) in [6, 6.07) is 3.84. The first-order valence-electron chi connectivity index (χ1n) is 4.24. The first-order valence-corrected chi connectivity index (χ1v) is 5.31. The van der Waals surface area contributed by atoms with Gasteiger partial charge in [-0.15, -0.1) is 23.2 Å². The summed E-state index contributed by atoms with van der Waals surface area (Å²) >= 11 is 9.53. The van der Waals surface area contributed by atoms with E-state index in [-0.39, 0.29) is 10.9 Å². The molecule has 0 aliphatic heterocycles. The van der Waals surface area contributed by atoms with Gasteiger partial charge < -0.3 is 4.74 Å². The highest BCUT2D eigenvalue weighted by Gasteiger charge is 2.30. The van der Waals surface area contributed by atoms with Crippen LogP contribution in [0.4, 0.5) is 13.2 Å². The van der Waals surface area contributed by atoms with Crippen LogP contribution in [-0.2, 0) is 10.9 Å². The molecule has 1 aromatic carbocycles. The van der Waals surface area contributed by atoms with Gasteiger partial charge in [0.2, 0.25) is 0 Å². The highest BCUT2D eigenvalue weighted by Crippen LogP contribution is 2.29. The molecule has 17 heavy (non-hydrogen) atoms. The molecule has 0 fully saturated rings. The molecule has 0 saturated heterocycles. The van der Waals surface area contributed by atoms with Crippen molar-refractivity contribution >= 4 is 29.2 Å². The van der Waals surface area contributed by atoms with Gasteiger partial charge in [-0.1, -0.05) is 0 Å². The normalized spacial score (nSPS) is 10.2. The van der Waals surface area contributed by atoms with Gasteiger partial charge in [0.25, 0.3) is 0 Å². The second-order valence-electron chi connectivity index (χ2n) is 2.67. The minimum atomic E-state index is -4.38. The summed E-state index contributed by atoms with van der Waals surface area (Å²) in [5.74, 6) is -0.654. The maximum Gasteiger partial charge on any atom is 0.416 e. The van der Waals surface area contributed by atoms with Gasteiger partial charge in [-0.05, 0) is 24.3 Å². The van der Waals surface area contributed by atoms with Crippen molar-refractivity contribution in [2.24, 2.45) is 0 Å². The van der Waals surface area contributed by atoms with Gasteiger partial charge >= 0.3 is 12.1 Å². The molecule has 1 aromatic rings. The van der Waals surface area contributed by atoms with Crippen molar-refractivity contribution in [1.82, 2.24) is 0 Å². The van der Waals surface area contributed by atoms with Crippen molar-refractivity contribution < 1.29 is 22.7 Å². The summed E-state index contributed by atoms with van der Waals surface area (Å²) in [5, 5.41) is 0.194. The lowest BCUT2D eigenvalue weighted by Gasteiger charge is -2.06.